The van der Waals surface area contributed by atoms with E-state index in [2.05, 4.69) is 23.3 Å². The molecule has 0 saturated carbocycles. The average Bonchev–Trinajstić information content (AvgIpc) is 0.918. The third kappa shape index (κ3) is 8.82. The minimum absolute atomic E-state index is 0. The Morgan fingerprint density at radius 1 is 1.25 bits per heavy atom. The van der Waals surface area contributed by atoms with Crippen molar-refractivity contribution in [1.29, 1.82) is 0 Å². The van der Waals surface area contributed by atoms with Crippen LogP contribution in [0.4, 0.5) is 0 Å². The van der Waals surface area contributed by atoms with Crippen molar-refractivity contribution in [2.45, 2.75) is 0 Å². The van der Waals surface area contributed by atoms with Crippen molar-refractivity contribution < 1.29 is 0 Å². The summed E-state index contributed by atoms with van der Waals surface area (Å²) < 4.78 is 0. The predicted molar refractivity (Wildman–Crippen MR) is 28.1 cm³/mol. The van der Waals surface area contributed by atoms with Gasteiger partial charge in [-0.2, -0.15) is 0 Å². The van der Waals surface area contributed by atoms with Gasteiger partial charge < -0.3 is 33.1 Å². The molecule has 0 fully saturated rings. The SMILES string of the molecule is [Ba+2].[S-]S[S-]. The topological polar surface area (TPSA) is 0 Å². The molecule has 0 nitrogen and oxygen atoms in total. The summed E-state index contributed by atoms with van der Waals surface area (Å²) in [6, 6.07) is 0. The van der Waals surface area contributed by atoms with Crippen molar-refractivity contribution in [1.82, 2.24) is 0 Å². The monoisotopic (exact) mass is 234 g/mol. The van der Waals surface area contributed by atoms with Gasteiger partial charge in [0.05, 0.1) is 0 Å². The van der Waals surface area contributed by atoms with Gasteiger partial charge in [-0.15, -0.1) is 0 Å². The molecule has 4 heavy (non-hydrogen) atoms. The molecule has 0 rings (SSSR count). The Morgan fingerprint density at radius 3 is 1.25 bits per heavy atom. The van der Waals surface area contributed by atoms with E-state index in [0.717, 1.165) is 9.83 Å². The number of hydrogen-bond donors (Lipinski definition) is 0. The first-order valence-corrected chi connectivity index (χ1v) is 3.00. The summed E-state index contributed by atoms with van der Waals surface area (Å²) in [6.45, 7) is 0. The van der Waals surface area contributed by atoms with Crippen molar-refractivity contribution in [2.24, 2.45) is 0 Å². The molecule has 0 aliphatic carbocycles. The van der Waals surface area contributed by atoms with E-state index in [-0.39, 0.29) is 48.9 Å². The van der Waals surface area contributed by atoms with Crippen LogP contribution in [-0.2, 0) is 23.3 Å². The molecule has 0 spiro atoms. The third-order valence-corrected chi connectivity index (χ3v) is 0. The summed E-state index contributed by atoms with van der Waals surface area (Å²) in [6.07, 6.45) is 0. The van der Waals surface area contributed by atoms with E-state index in [4.69, 9.17) is 0 Å². The van der Waals surface area contributed by atoms with E-state index < -0.39 is 0 Å². The van der Waals surface area contributed by atoms with E-state index >= 15 is 0 Å². The van der Waals surface area contributed by atoms with Crippen LogP contribution in [-0.4, -0.2) is 48.9 Å². The summed E-state index contributed by atoms with van der Waals surface area (Å²) in [5, 5.41) is 0. The molecule has 0 aromatic heterocycles. The van der Waals surface area contributed by atoms with E-state index in [0.29, 0.717) is 0 Å². The zero-order valence-electron chi connectivity index (χ0n) is 1.93. The van der Waals surface area contributed by atoms with Crippen molar-refractivity contribution in [3.8, 4) is 0 Å². The Hall–Kier alpha value is 2.62. The molecule has 0 radical (unpaired) electrons. The first-order chi connectivity index (χ1) is 1.41. The van der Waals surface area contributed by atoms with E-state index in [1.54, 1.807) is 0 Å². The number of hydrogen-bond acceptors (Lipinski definition) is 3. The maximum atomic E-state index is 4.12. The number of rotatable bonds is 0. The van der Waals surface area contributed by atoms with Crippen LogP contribution in [0, 0.1) is 0 Å². The Kier molecular flexibility index (Phi) is 22.4. The van der Waals surface area contributed by atoms with Crippen LogP contribution in [0.1, 0.15) is 0 Å². The largest absolute Gasteiger partial charge is 2.00 e. The average molecular weight is 234 g/mol. The molecule has 0 bridgehead atoms. The Labute approximate surface area is 80.2 Å². The van der Waals surface area contributed by atoms with Gasteiger partial charge in [0.1, 0.15) is 0 Å². The smallest absolute Gasteiger partial charge is 0.747 e. The molecule has 0 N–H and O–H groups in total. The molecule has 0 aromatic carbocycles. The van der Waals surface area contributed by atoms with Crippen molar-refractivity contribution in [3.05, 3.63) is 0 Å². The van der Waals surface area contributed by atoms with Crippen LogP contribution < -0.4 is 0 Å². The van der Waals surface area contributed by atoms with Gasteiger partial charge >= 0.3 is 48.9 Å². The van der Waals surface area contributed by atoms with Crippen molar-refractivity contribution in [2.75, 3.05) is 0 Å². The van der Waals surface area contributed by atoms with Crippen LogP contribution in [0.15, 0.2) is 0 Å². The maximum Gasteiger partial charge on any atom is 2.00 e. The van der Waals surface area contributed by atoms with Gasteiger partial charge in [0, 0.05) is 0 Å². The van der Waals surface area contributed by atoms with Crippen LogP contribution in [0.3, 0.4) is 0 Å². The standard InChI is InChI=1S/Ba.H2S3/c;1-3-2/h;1-2H/q+2;/p-2. The van der Waals surface area contributed by atoms with Gasteiger partial charge in [0.2, 0.25) is 0 Å². The molecule has 0 unspecified atom stereocenters. The molecule has 0 aromatic rings. The second-order valence-electron chi connectivity index (χ2n) is 0.0680. The fourth-order valence-electron chi connectivity index (χ4n) is 0. The summed E-state index contributed by atoms with van der Waals surface area (Å²) >= 11 is 8.25. The zero-order chi connectivity index (χ0) is 2.71. The second kappa shape index (κ2) is 9.15. The molecule has 4 heteroatoms. The molecular weight excluding hydrogens is 234 g/mol. The minimum atomic E-state index is 0. The predicted octanol–water partition coefficient (Wildman–Crippen LogP) is 0.263. The second-order valence-corrected chi connectivity index (χ2v) is 1.84. The molecule has 0 aliphatic rings. The summed E-state index contributed by atoms with van der Waals surface area (Å²) in [7, 11) is 0.917. The minimum Gasteiger partial charge on any atom is -0.747 e. The molecule has 20 valence electrons. The van der Waals surface area contributed by atoms with E-state index in [9.17, 15) is 0 Å². The molecule has 0 atom stereocenters. The molecule has 0 heterocycles. The first kappa shape index (κ1) is 9.80. The molecule has 0 amide bonds. The summed E-state index contributed by atoms with van der Waals surface area (Å²) in [5.41, 5.74) is 0. The van der Waals surface area contributed by atoms with Gasteiger partial charge in [0.25, 0.3) is 0 Å². The van der Waals surface area contributed by atoms with Crippen LogP contribution in [0.2, 0.25) is 0 Å². The Bertz CT molecular complexity index is 3.25. The zero-order valence-corrected chi connectivity index (χ0v) is 8.82. The van der Waals surface area contributed by atoms with Gasteiger partial charge in [-0.25, -0.2) is 0 Å². The summed E-state index contributed by atoms with van der Waals surface area (Å²) in [4.78, 5) is 0. The van der Waals surface area contributed by atoms with Crippen LogP contribution >= 0.6 is 9.83 Å². The fraction of sp³-hybridized carbons (Fsp3) is 0. The fourth-order valence-corrected chi connectivity index (χ4v) is 0. The normalized spacial score (nSPS) is 4.50. The molecule has 0 aliphatic heterocycles. The van der Waals surface area contributed by atoms with Crippen molar-refractivity contribution >= 4 is 82.0 Å². The third-order valence-electron chi connectivity index (χ3n) is 0. The van der Waals surface area contributed by atoms with Gasteiger partial charge in [-0.3, -0.25) is 0 Å². The van der Waals surface area contributed by atoms with Gasteiger partial charge in [-0.05, 0) is 0 Å². The molecule has 0 saturated heterocycles. The maximum absolute atomic E-state index is 4.12. The Morgan fingerprint density at radius 2 is 1.25 bits per heavy atom. The van der Waals surface area contributed by atoms with Crippen LogP contribution in [0.5, 0.6) is 0 Å². The quantitative estimate of drug-likeness (QED) is 0.335. The van der Waals surface area contributed by atoms with E-state index in [1.165, 1.54) is 0 Å². The van der Waals surface area contributed by atoms with Gasteiger partial charge in [0.15, 0.2) is 0 Å². The van der Waals surface area contributed by atoms with Gasteiger partial charge in [-0.1, -0.05) is 0 Å². The summed E-state index contributed by atoms with van der Waals surface area (Å²) in [5.74, 6) is 0. The van der Waals surface area contributed by atoms with Crippen LogP contribution in [0.25, 0.3) is 0 Å². The molecular formula is BaS3. The Balaban J connectivity index is 0. The van der Waals surface area contributed by atoms with Crippen molar-refractivity contribution in [3.63, 3.8) is 0 Å². The first-order valence-electron chi connectivity index (χ1n) is 0.333. The van der Waals surface area contributed by atoms with E-state index in [1.807, 2.05) is 0 Å².